The van der Waals surface area contributed by atoms with Gasteiger partial charge in [0.2, 0.25) is 0 Å². The Bertz CT molecular complexity index is 72.5. The van der Waals surface area contributed by atoms with E-state index in [1.807, 2.05) is 4.90 Å². The van der Waals surface area contributed by atoms with Gasteiger partial charge in [0, 0.05) is 0 Å². The van der Waals surface area contributed by atoms with Crippen LogP contribution in [0.15, 0.2) is 0 Å². The Kier molecular flexibility index (Phi) is 1.02. The van der Waals surface area contributed by atoms with E-state index in [1.54, 1.807) is 0 Å². The molecule has 3 aliphatic heterocycles. The van der Waals surface area contributed by atoms with E-state index < -0.39 is 0 Å². The average molecular weight is 113 g/mol. The number of hydrogen-bond acceptors (Lipinski definition) is 1. The van der Waals surface area contributed by atoms with E-state index in [4.69, 9.17) is 0 Å². The lowest BCUT2D eigenvalue weighted by molar-refractivity contribution is -0.649. The fraction of sp³-hybridized carbons (Fsp3) is 1.00. The molecule has 0 aromatic rings. The minimum atomic E-state index is 1.17. The molecule has 0 bridgehead atoms. The standard InChI is InChI=1S/C3H5N.C3H7N/c1-3-2-4(1)3;1-2-4-3-1/h3H,1-2H2;4H,1-3H2/p+1. The summed E-state index contributed by atoms with van der Waals surface area (Å²) in [7, 11) is 0. The first-order valence-electron chi connectivity index (χ1n) is 3.52. The summed E-state index contributed by atoms with van der Waals surface area (Å²) in [6, 6.07) is 1.17. The number of fused-ring (bicyclic) bond motifs is 1. The summed E-state index contributed by atoms with van der Waals surface area (Å²) in [6.07, 6.45) is 1.39. The molecule has 3 rings (SSSR count). The SMILES string of the molecule is C1C2C[NH+]12.C1CNC1. The quantitative estimate of drug-likeness (QED) is 0.356. The Morgan fingerprint density at radius 2 is 1.50 bits per heavy atom. The third kappa shape index (κ3) is 1.01. The van der Waals surface area contributed by atoms with Gasteiger partial charge in [0.05, 0.1) is 0 Å². The summed E-state index contributed by atoms with van der Waals surface area (Å²) in [5.74, 6) is 0. The van der Waals surface area contributed by atoms with Crippen LogP contribution in [-0.4, -0.2) is 32.2 Å². The maximum Gasteiger partial charge on any atom is 0.187 e. The zero-order valence-corrected chi connectivity index (χ0v) is 5.11. The molecule has 0 unspecified atom stereocenters. The van der Waals surface area contributed by atoms with Gasteiger partial charge in [-0.3, -0.25) is 0 Å². The number of hydrogen-bond donors (Lipinski definition) is 2. The second kappa shape index (κ2) is 1.71. The van der Waals surface area contributed by atoms with Crippen molar-refractivity contribution in [1.82, 2.24) is 5.32 Å². The molecule has 2 heteroatoms. The molecule has 0 atom stereocenters. The minimum Gasteiger partial charge on any atom is -0.317 e. The van der Waals surface area contributed by atoms with Gasteiger partial charge in [-0.1, -0.05) is 0 Å². The van der Waals surface area contributed by atoms with Crippen LogP contribution in [0.25, 0.3) is 0 Å². The summed E-state index contributed by atoms with van der Waals surface area (Å²) in [4.78, 5) is 1.83. The van der Waals surface area contributed by atoms with Crippen molar-refractivity contribution in [2.24, 2.45) is 0 Å². The average Bonchev–Trinajstić information content (AvgIpc) is 1.90. The van der Waals surface area contributed by atoms with Gasteiger partial charge in [-0.05, 0) is 19.5 Å². The summed E-state index contributed by atoms with van der Waals surface area (Å²) in [6.45, 7) is 5.50. The van der Waals surface area contributed by atoms with E-state index in [1.165, 1.54) is 38.6 Å². The lowest BCUT2D eigenvalue weighted by atomic mass is 10.3. The predicted octanol–water partition coefficient (Wildman–Crippen LogP) is -1.75. The Hall–Kier alpha value is -0.0800. The molecule has 2 N–H and O–H groups in total. The van der Waals surface area contributed by atoms with Crippen LogP contribution in [0.3, 0.4) is 0 Å². The Labute approximate surface area is 49.9 Å². The second-order valence-corrected chi connectivity index (χ2v) is 2.87. The van der Waals surface area contributed by atoms with Gasteiger partial charge in [0.25, 0.3) is 0 Å². The monoisotopic (exact) mass is 113 g/mol. The normalized spacial score (nSPS) is 45.0. The first-order chi connectivity index (χ1) is 3.97. The van der Waals surface area contributed by atoms with Crippen molar-refractivity contribution in [3.63, 3.8) is 0 Å². The topological polar surface area (TPSA) is 16.5 Å². The molecular weight excluding hydrogens is 100 g/mol. The van der Waals surface area contributed by atoms with Crippen molar-refractivity contribution in [2.45, 2.75) is 12.5 Å². The summed E-state index contributed by atoms with van der Waals surface area (Å²) >= 11 is 0. The van der Waals surface area contributed by atoms with Crippen molar-refractivity contribution in [1.29, 1.82) is 0 Å². The van der Waals surface area contributed by atoms with Gasteiger partial charge in [0.1, 0.15) is 13.1 Å². The highest BCUT2D eigenvalue weighted by Crippen LogP contribution is 1.96. The molecule has 3 saturated heterocycles. The number of rotatable bonds is 0. The maximum atomic E-state index is 3.11. The van der Waals surface area contributed by atoms with Gasteiger partial charge in [-0.25, -0.2) is 0 Å². The molecular formula is C6H13N2+. The van der Waals surface area contributed by atoms with Crippen LogP contribution < -0.4 is 10.2 Å². The molecule has 0 aromatic heterocycles. The highest BCUT2D eigenvalue weighted by molar-refractivity contribution is 4.77. The van der Waals surface area contributed by atoms with E-state index in [9.17, 15) is 0 Å². The zero-order chi connectivity index (χ0) is 5.40. The molecule has 0 radical (unpaired) electrons. The third-order valence-corrected chi connectivity index (χ3v) is 1.98. The molecule has 3 aliphatic rings. The Morgan fingerprint density at radius 3 is 1.50 bits per heavy atom. The molecule has 46 valence electrons. The minimum absolute atomic E-state index is 1.17. The molecule has 2 nitrogen and oxygen atoms in total. The second-order valence-electron chi connectivity index (χ2n) is 2.87. The zero-order valence-electron chi connectivity index (χ0n) is 5.11. The fourth-order valence-electron chi connectivity index (χ4n) is 0.632. The molecule has 0 aliphatic carbocycles. The van der Waals surface area contributed by atoms with Gasteiger partial charge in [-0.2, -0.15) is 0 Å². The first-order valence-corrected chi connectivity index (χ1v) is 3.52. The molecule has 3 heterocycles. The van der Waals surface area contributed by atoms with Crippen LogP contribution in [0.2, 0.25) is 0 Å². The number of quaternary nitrogens is 1. The molecule has 0 aromatic carbocycles. The van der Waals surface area contributed by atoms with Crippen LogP contribution in [0.1, 0.15) is 6.42 Å². The fourth-order valence-corrected chi connectivity index (χ4v) is 0.632. The van der Waals surface area contributed by atoms with Crippen molar-refractivity contribution < 1.29 is 4.90 Å². The van der Waals surface area contributed by atoms with E-state index >= 15 is 0 Å². The highest BCUT2D eigenvalue weighted by atomic mass is 15.5. The van der Waals surface area contributed by atoms with E-state index in [0.717, 1.165) is 0 Å². The first kappa shape index (κ1) is 4.77. The van der Waals surface area contributed by atoms with E-state index in [-0.39, 0.29) is 0 Å². The van der Waals surface area contributed by atoms with Gasteiger partial charge < -0.3 is 10.2 Å². The van der Waals surface area contributed by atoms with Crippen LogP contribution in [0.4, 0.5) is 0 Å². The van der Waals surface area contributed by atoms with Crippen LogP contribution >= 0.6 is 0 Å². The van der Waals surface area contributed by atoms with Gasteiger partial charge in [-0.15, -0.1) is 0 Å². The smallest absolute Gasteiger partial charge is 0.187 e. The third-order valence-electron chi connectivity index (χ3n) is 1.98. The summed E-state index contributed by atoms with van der Waals surface area (Å²) in [5.41, 5.74) is 0. The lowest BCUT2D eigenvalue weighted by Crippen LogP contribution is -2.76. The van der Waals surface area contributed by atoms with Crippen molar-refractivity contribution in [3.05, 3.63) is 0 Å². The van der Waals surface area contributed by atoms with Gasteiger partial charge >= 0.3 is 0 Å². The molecule has 3 fully saturated rings. The summed E-state index contributed by atoms with van der Waals surface area (Å²) < 4.78 is 0. The van der Waals surface area contributed by atoms with Crippen molar-refractivity contribution in [3.8, 4) is 0 Å². The van der Waals surface area contributed by atoms with Crippen molar-refractivity contribution >= 4 is 0 Å². The largest absolute Gasteiger partial charge is 0.317 e. The van der Waals surface area contributed by atoms with Crippen LogP contribution in [0, 0.1) is 0 Å². The van der Waals surface area contributed by atoms with E-state index in [0.29, 0.717) is 0 Å². The van der Waals surface area contributed by atoms with Gasteiger partial charge in [0.15, 0.2) is 6.04 Å². The number of nitrogens with one attached hydrogen (secondary N) is 2. The van der Waals surface area contributed by atoms with Crippen LogP contribution in [-0.2, 0) is 0 Å². The molecule has 0 saturated carbocycles. The predicted molar refractivity (Wildman–Crippen MR) is 32.0 cm³/mol. The Balaban J connectivity index is 0.0000000675. The molecule has 0 amide bonds. The lowest BCUT2D eigenvalue weighted by Gasteiger charge is -2.09. The van der Waals surface area contributed by atoms with E-state index in [2.05, 4.69) is 5.32 Å². The molecule has 8 heavy (non-hydrogen) atoms. The molecule has 0 spiro atoms. The Morgan fingerprint density at radius 1 is 1.25 bits per heavy atom. The summed E-state index contributed by atoms with van der Waals surface area (Å²) in [5, 5.41) is 3.11. The van der Waals surface area contributed by atoms with Crippen molar-refractivity contribution in [2.75, 3.05) is 26.2 Å². The highest BCUT2D eigenvalue weighted by Gasteiger charge is 2.59. The maximum absolute atomic E-state index is 3.11. The van der Waals surface area contributed by atoms with Crippen LogP contribution in [0.5, 0.6) is 0 Å².